The van der Waals surface area contributed by atoms with Crippen molar-refractivity contribution in [2.24, 2.45) is 0 Å². The molecular formula is C14H12Cl2O2. The van der Waals surface area contributed by atoms with Gasteiger partial charge >= 0.3 is 0 Å². The summed E-state index contributed by atoms with van der Waals surface area (Å²) in [5, 5.41) is 0.605. The van der Waals surface area contributed by atoms with E-state index in [0.717, 1.165) is 5.56 Å². The summed E-state index contributed by atoms with van der Waals surface area (Å²) < 4.78 is 11.0. The van der Waals surface area contributed by atoms with Crippen LogP contribution < -0.4 is 9.47 Å². The Morgan fingerprint density at radius 1 is 1.00 bits per heavy atom. The van der Waals surface area contributed by atoms with Crippen molar-refractivity contribution in [1.82, 2.24) is 0 Å². The number of benzene rings is 2. The lowest BCUT2D eigenvalue weighted by atomic mass is 10.2. The van der Waals surface area contributed by atoms with E-state index in [1.54, 1.807) is 19.2 Å². The Morgan fingerprint density at radius 2 is 1.72 bits per heavy atom. The second kappa shape index (κ2) is 5.98. The molecule has 0 spiro atoms. The summed E-state index contributed by atoms with van der Waals surface area (Å²) >= 11 is 11.8. The van der Waals surface area contributed by atoms with E-state index in [1.165, 1.54) is 0 Å². The van der Waals surface area contributed by atoms with Crippen molar-refractivity contribution in [3.8, 4) is 17.2 Å². The average molecular weight is 283 g/mol. The van der Waals surface area contributed by atoms with Crippen molar-refractivity contribution in [3.05, 3.63) is 53.1 Å². The molecule has 94 valence electrons. The van der Waals surface area contributed by atoms with Crippen LogP contribution in [-0.4, -0.2) is 7.11 Å². The maximum Gasteiger partial charge on any atom is 0.169 e. The SMILES string of the molecule is COc1ccccc1Oc1cc(Cl)ccc1CCl. The third-order valence-corrected chi connectivity index (χ3v) is 2.99. The lowest BCUT2D eigenvalue weighted by Crippen LogP contribution is -1.92. The van der Waals surface area contributed by atoms with Crippen molar-refractivity contribution in [2.45, 2.75) is 5.88 Å². The molecule has 0 bridgehead atoms. The topological polar surface area (TPSA) is 18.5 Å². The van der Waals surface area contributed by atoms with Gasteiger partial charge in [0.1, 0.15) is 5.75 Å². The number of rotatable bonds is 4. The fraction of sp³-hybridized carbons (Fsp3) is 0.143. The molecule has 4 heteroatoms. The number of halogens is 2. The molecule has 2 aromatic carbocycles. The van der Waals surface area contributed by atoms with E-state index in [9.17, 15) is 0 Å². The molecule has 0 aliphatic heterocycles. The molecule has 0 aliphatic carbocycles. The highest BCUT2D eigenvalue weighted by Gasteiger charge is 2.08. The van der Waals surface area contributed by atoms with Crippen LogP contribution in [0.2, 0.25) is 5.02 Å². The zero-order chi connectivity index (χ0) is 13.0. The lowest BCUT2D eigenvalue weighted by Gasteiger charge is -2.12. The highest BCUT2D eigenvalue weighted by Crippen LogP contribution is 2.34. The van der Waals surface area contributed by atoms with E-state index < -0.39 is 0 Å². The van der Waals surface area contributed by atoms with Gasteiger partial charge < -0.3 is 9.47 Å². The Morgan fingerprint density at radius 3 is 2.39 bits per heavy atom. The smallest absolute Gasteiger partial charge is 0.169 e. The molecule has 2 aromatic rings. The van der Waals surface area contributed by atoms with Crippen LogP contribution in [0, 0.1) is 0 Å². The predicted octanol–water partition coefficient (Wildman–Crippen LogP) is 4.88. The molecule has 0 N–H and O–H groups in total. The third kappa shape index (κ3) is 2.89. The second-order valence-corrected chi connectivity index (χ2v) is 4.34. The third-order valence-electron chi connectivity index (χ3n) is 2.46. The van der Waals surface area contributed by atoms with E-state index in [1.807, 2.05) is 30.3 Å². The van der Waals surface area contributed by atoms with Gasteiger partial charge in [-0.05, 0) is 24.3 Å². The molecule has 0 aliphatic rings. The van der Waals surface area contributed by atoms with Crippen LogP contribution in [0.15, 0.2) is 42.5 Å². The Bertz CT molecular complexity index is 541. The minimum atomic E-state index is 0.363. The minimum absolute atomic E-state index is 0.363. The number of alkyl halides is 1. The van der Waals surface area contributed by atoms with Crippen LogP contribution >= 0.6 is 23.2 Å². The Hall–Kier alpha value is -1.38. The Labute approximate surface area is 116 Å². The molecule has 0 radical (unpaired) electrons. The molecule has 0 saturated heterocycles. The monoisotopic (exact) mass is 282 g/mol. The molecule has 0 aromatic heterocycles. The molecule has 18 heavy (non-hydrogen) atoms. The van der Waals surface area contributed by atoms with Gasteiger partial charge in [-0.1, -0.05) is 29.8 Å². The van der Waals surface area contributed by atoms with Crippen LogP contribution in [0.3, 0.4) is 0 Å². The van der Waals surface area contributed by atoms with Crippen molar-refractivity contribution >= 4 is 23.2 Å². The fourth-order valence-electron chi connectivity index (χ4n) is 1.56. The molecule has 2 nitrogen and oxygen atoms in total. The zero-order valence-electron chi connectivity index (χ0n) is 9.82. The van der Waals surface area contributed by atoms with Crippen molar-refractivity contribution in [2.75, 3.05) is 7.11 Å². The van der Waals surface area contributed by atoms with Gasteiger partial charge in [0.2, 0.25) is 0 Å². The van der Waals surface area contributed by atoms with Gasteiger partial charge in [-0.2, -0.15) is 0 Å². The first-order valence-corrected chi connectivity index (χ1v) is 6.31. The number of hydrogen-bond donors (Lipinski definition) is 0. The Balaban J connectivity index is 2.36. The van der Waals surface area contributed by atoms with E-state index in [-0.39, 0.29) is 0 Å². The predicted molar refractivity (Wildman–Crippen MR) is 74.1 cm³/mol. The summed E-state index contributed by atoms with van der Waals surface area (Å²) in [5.74, 6) is 2.30. The summed E-state index contributed by atoms with van der Waals surface area (Å²) in [5.41, 5.74) is 0.881. The van der Waals surface area contributed by atoms with Crippen molar-refractivity contribution in [3.63, 3.8) is 0 Å². The van der Waals surface area contributed by atoms with Gasteiger partial charge in [-0.25, -0.2) is 0 Å². The molecule has 0 saturated carbocycles. The van der Waals surface area contributed by atoms with Gasteiger partial charge in [0.05, 0.1) is 13.0 Å². The van der Waals surface area contributed by atoms with E-state index in [4.69, 9.17) is 32.7 Å². The Kier molecular flexibility index (Phi) is 4.34. The quantitative estimate of drug-likeness (QED) is 0.744. The summed E-state index contributed by atoms with van der Waals surface area (Å²) in [4.78, 5) is 0. The summed E-state index contributed by atoms with van der Waals surface area (Å²) in [7, 11) is 1.60. The standard InChI is InChI=1S/C14H12Cl2O2/c1-17-12-4-2-3-5-13(12)18-14-8-11(16)7-6-10(14)9-15/h2-8H,9H2,1H3. The maximum atomic E-state index is 5.96. The maximum absolute atomic E-state index is 5.96. The summed E-state index contributed by atoms with van der Waals surface area (Å²) in [6.07, 6.45) is 0. The summed E-state index contributed by atoms with van der Waals surface area (Å²) in [6, 6.07) is 12.8. The van der Waals surface area contributed by atoms with Gasteiger partial charge in [-0.15, -0.1) is 11.6 Å². The molecular weight excluding hydrogens is 271 g/mol. The minimum Gasteiger partial charge on any atom is -0.493 e. The molecule has 0 fully saturated rings. The first-order chi connectivity index (χ1) is 8.74. The van der Waals surface area contributed by atoms with E-state index >= 15 is 0 Å². The van der Waals surface area contributed by atoms with Crippen molar-refractivity contribution < 1.29 is 9.47 Å². The number of methoxy groups -OCH3 is 1. The number of ether oxygens (including phenoxy) is 2. The van der Waals surface area contributed by atoms with Crippen molar-refractivity contribution in [1.29, 1.82) is 0 Å². The molecule has 0 atom stereocenters. The van der Waals surface area contributed by atoms with Crippen LogP contribution in [0.5, 0.6) is 17.2 Å². The fourth-order valence-corrected chi connectivity index (χ4v) is 1.94. The summed E-state index contributed by atoms with van der Waals surface area (Å²) in [6.45, 7) is 0. The molecule has 0 amide bonds. The normalized spacial score (nSPS) is 10.2. The van der Waals surface area contributed by atoms with Crippen LogP contribution in [0.25, 0.3) is 0 Å². The number of para-hydroxylation sites is 2. The lowest BCUT2D eigenvalue weighted by molar-refractivity contribution is 0.378. The van der Waals surface area contributed by atoms with Crippen LogP contribution in [0.4, 0.5) is 0 Å². The van der Waals surface area contributed by atoms with Gasteiger partial charge in [0, 0.05) is 10.6 Å². The second-order valence-electron chi connectivity index (χ2n) is 3.64. The van der Waals surface area contributed by atoms with Gasteiger partial charge in [0.15, 0.2) is 11.5 Å². The molecule has 2 rings (SSSR count). The highest BCUT2D eigenvalue weighted by molar-refractivity contribution is 6.30. The largest absolute Gasteiger partial charge is 0.493 e. The first-order valence-electron chi connectivity index (χ1n) is 5.40. The highest BCUT2D eigenvalue weighted by atomic mass is 35.5. The molecule has 0 unspecified atom stereocenters. The van der Waals surface area contributed by atoms with Gasteiger partial charge in [-0.3, -0.25) is 0 Å². The van der Waals surface area contributed by atoms with Crippen LogP contribution in [-0.2, 0) is 5.88 Å². The van der Waals surface area contributed by atoms with Gasteiger partial charge in [0.25, 0.3) is 0 Å². The van der Waals surface area contributed by atoms with E-state index in [2.05, 4.69) is 0 Å². The number of hydrogen-bond acceptors (Lipinski definition) is 2. The first kappa shape index (κ1) is 13.1. The molecule has 0 heterocycles. The van der Waals surface area contributed by atoms with E-state index in [0.29, 0.717) is 28.2 Å². The zero-order valence-corrected chi connectivity index (χ0v) is 11.3. The average Bonchev–Trinajstić information content (AvgIpc) is 2.40. The van der Waals surface area contributed by atoms with Crippen LogP contribution in [0.1, 0.15) is 5.56 Å².